The zero-order valence-corrected chi connectivity index (χ0v) is 15.6. The predicted octanol–water partition coefficient (Wildman–Crippen LogP) is 3.21. The highest BCUT2D eigenvalue weighted by molar-refractivity contribution is 5.67. The number of benzene rings is 1. The number of aromatic nitrogens is 5. The molecule has 9 heteroatoms. The summed E-state index contributed by atoms with van der Waals surface area (Å²) in [6.45, 7) is 3.99. The largest absolute Gasteiger partial charge is 0.295 e. The third-order valence-corrected chi connectivity index (χ3v) is 4.63. The van der Waals surface area contributed by atoms with E-state index < -0.39 is 11.6 Å². The molecular formula is C20H16F2N6O. The predicted molar refractivity (Wildman–Crippen MR) is 101 cm³/mol. The van der Waals surface area contributed by atoms with Crippen LogP contribution in [0.25, 0.3) is 16.9 Å². The Kier molecular flexibility index (Phi) is 4.47. The van der Waals surface area contributed by atoms with Crippen LogP contribution in [-0.4, -0.2) is 24.4 Å². The molecule has 0 aliphatic heterocycles. The first-order valence-corrected chi connectivity index (χ1v) is 8.90. The summed E-state index contributed by atoms with van der Waals surface area (Å²) in [6, 6.07) is 5.68. The summed E-state index contributed by atoms with van der Waals surface area (Å²) < 4.78 is 29.4. The molecule has 1 aromatic carbocycles. The molecule has 0 fully saturated rings. The number of hydrogen-bond donors (Lipinski definition) is 1. The Morgan fingerprint density at radius 3 is 2.76 bits per heavy atom. The van der Waals surface area contributed by atoms with Gasteiger partial charge in [0.15, 0.2) is 17.3 Å². The molecule has 0 saturated carbocycles. The number of aromatic amines is 1. The van der Waals surface area contributed by atoms with Gasteiger partial charge in [-0.15, -0.1) is 0 Å². The zero-order valence-electron chi connectivity index (χ0n) is 15.6. The number of halogens is 2. The molecular weight excluding hydrogens is 378 g/mol. The maximum atomic E-state index is 13.4. The summed E-state index contributed by atoms with van der Waals surface area (Å²) >= 11 is 0. The molecule has 0 aliphatic rings. The number of fused-ring (bicyclic) bond motifs is 1. The van der Waals surface area contributed by atoms with Gasteiger partial charge in [0.2, 0.25) is 0 Å². The Morgan fingerprint density at radius 1 is 1.28 bits per heavy atom. The lowest BCUT2D eigenvalue weighted by molar-refractivity contribution is 0.506. The summed E-state index contributed by atoms with van der Waals surface area (Å²) in [4.78, 5) is 17.5. The first kappa shape index (κ1) is 18.6. The van der Waals surface area contributed by atoms with Crippen molar-refractivity contribution in [2.45, 2.75) is 26.3 Å². The van der Waals surface area contributed by atoms with E-state index in [2.05, 4.69) is 15.2 Å². The van der Waals surface area contributed by atoms with Crippen molar-refractivity contribution < 1.29 is 8.78 Å². The fraction of sp³-hybridized carbons (Fsp3) is 0.200. The number of hydrogen-bond acceptors (Lipinski definition) is 4. The van der Waals surface area contributed by atoms with Crippen LogP contribution in [0.1, 0.15) is 36.5 Å². The second-order valence-corrected chi connectivity index (χ2v) is 6.97. The van der Waals surface area contributed by atoms with Crippen molar-refractivity contribution in [2.75, 3.05) is 0 Å². The van der Waals surface area contributed by atoms with Crippen LogP contribution in [0.15, 0.2) is 41.6 Å². The summed E-state index contributed by atoms with van der Waals surface area (Å²) in [5.74, 6) is -1.95. The lowest BCUT2D eigenvalue weighted by atomic mass is 10.00. The smallest absolute Gasteiger partial charge is 0.276 e. The summed E-state index contributed by atoms with van der Waals surface area (Å²) in [7, 11) is 0. The van der Waals surface area contributed by atoms with Crippen LogP contribution in [0.3, 0.4) is 0 Å². The standard InChI is InChI=1S/C20H16F2N6O/c1-11(2)17-18(26-19-13(6-23)7-25-28(19)20(17)29)14-8-24-27(10-14)9-12-3-4-15(21)16(22)5-12/h3-5,7-8,10-11,25H,9H2,1-2H3. The van der Waals surface area contributed by atoms with Gasteiger partial charge < -0.3 is 0 Å². The fourth-order valence-corrected chi connectivity index (χ4v) is 3.25. The van der Waals surface area contributed by atoms with Crippen molar-refractivity contribution in [3.63, 3.8) is 0 Å². The van der Waals surface area contributed by atoms with Crippen molar-refractivity contribution >= 4 is 5.65 Å². The van der Waals surface area contributed by atoms with Crippen molar-refractivity contribution in [3.8, 4) is 17.3 Å². The van der Waals surface area contributed by atoms with Gasteiger partial charge in [0.05, 0.1) is 18.4 Å². The van der Waals surface area contributed by atoms with Gasteiger partial charge in [-0.25, -0.2) is 18.3 Å². The molecule has 1 N–H and O–H groups in total. The van der Waals surface area contributed by atoms with E-state index in [4.69, 9.17) is 0 Å². The van der Waals surface area contributed by atoms with Crippen LogP contribution in [0.2, 0.25) is 0 Å². The van der Waals surface area contributed by atoms with Gasteiger partial charge in [0.1, 0.15) is 11.6 Å². The average molecular weight is 394 g/mol. The molecule has 0 atom stereocenters. The Morgan fingerprint density at radius 2 is 2.07 bits per heavy atom. The van der Waals surface area contributed by atoms with Crippen LogP contribution >= 0.6 is 0 Å². The Hall–Kier alpha value is -3.80. The Labute approximate surface area is 163 Å². The summed E-state index contributed by atoms with van der Waals surface area (Å²) in [5.41, 5.74) is 2.29. The average Bonchev–Trinajstić information content (AvgIpc) is 3.31. The van der Waals surface area contributed by atoms with Gasteiger partial charge in [0, 0.05) is 23.5 Å². The number of rotatable bonds is 4. The fourth-order valence-electron chi connectivity index (χ4n) is 3.25. The summed E-state index contributed by atoms with van der Waals surface area (Å²) in [5, 5.41) is 16.3. The van der Waals surface area contributed by atoms with E-state index in [1.165, 1.54) is 16.8 Å². The molecule has 3 aromatic heterocycles. The molecule has 0 aliphatic carbocycles. The molecule has 3 heterocycles. The molecule has 0 bridgehead atoms. The van der Waals surface area contributed by atoms with Crippen molar-refractivity contribution in [1.29, 1.82) is 5.26 Å². The van der Waals surface area contributed by atoms with Gasteiger partial charge in [-0.1, -0.05) is 19.9 Å². The van der Waals surface area contributed by atoms with Crippen LogP contribution in [0.5, 0.6) is 0 Å². The third kappa shape index (κ3) is 3.18. The second-order valence-electron chi connectivity index (χ2n) is 6.97. The minimum atomic E-state index is -0.923. The summed E-state index contributed by atoms with van der Waals surface area (Å²) in [6.07, 6.45) is 4.68. The third-order valence-electron chi connectivity index (χ3n) is 4.63. The topological polar surface area (TPSA) is 91.8 Å². The molecule has 4 aromatic rings. The zero-order chi connectivity index (χ0) is 20.7. The van der Waals surface area contributed by atoms with E-state index in [9.17, 15) is 18.8 Å². The normalized spacial score (nSPS) is 11.3. The molecule has 146 valence electrons. The Balaban J connectivity index is 1.80. The highest BCUT2D eigenvalue weighted by Crippen LogP contribution is 2.26. The van der Waals surface area contributed by atoms with Crippen LogP contribution < -0.4 is 5.56 Å². The maximum Gasteiger partial charge on any atom is 0.276 e. The van der Waals surface area contributed by atoms with Gasteiger partial charge >= 0.3 is 0 Å². The number of nitriles is 1. The molecule has 0 radical (unpaired) electrons. The highest BCUT2D eigenvalue weighted by Gasteiger charge is 2.20. The van der Waals surface area contributed by atoms with Crippen molar-refractivity contribution in [1.82, 2.24) is 24.4 Å². The minimum Gasteiger partial charge on any atom is -0.295 e. The molecule has 0 unspecified atom stereocenters. The lowest BCUT2D eigenvalue weighted by Crippen LogP contribution is -2.22. The van der Waals surface area contributed by atoms with Crippen LogP contribution in [0.4, 0.5) is 8.78 Å². The molecule has 0 saturated heterocycles. The number of H-pyrrole nitrogens is 1. The molecule has 7 nitrogen and oxygen atoms in total. The van der Waals surface area contributed by atoms with Crippen molar-refractivity contribution in [3.05, 3.63) is 75.5 Å². The van der Waals surface area contributed by atoms with Gasteiger partial charge in [-0.2, -0.15) is 10.4 Å². The van der Waals surface area contributed by atoms with E-state index in [1.54, 1.807) is 17.1 Å². The van der Waals surface area contributed by atoms with E-state index in [0.29, 0.717) is 22.4 Å². The van der Waals surface area contributed by atoms with Crippen molar-refractivity contribution in [2.24, 2.45) is 0 Å². The first-order chi connectivity index (χ1) is 13.9. The number of nitrogens with zero attached hydrogens (tertiary/aromatic N) is 5. The SMILES string of the molecule is CC(C)c1c(-c2cnn(Cc3ccc(F)c(F)c3)c2)nc2c(C#N)c[nH]n2c1=O. The first-order valence-electron chi connectivity index (χ1n) is 8.90. The molecule has 29 heavy (non-hydrogen) atoms. The quantitative estimate of drug-likeness (QED) is 0.575. The minimum absolute atomic E-state index is 0.120. The molecule has 0 spiro atoms. The van der Waals surface area contributed by atoms with E-state index in [1.807, 2.05) is 19.9 Å². The lowest BCUT2D eigenvalue weighted by Gasteiger charge is -2.10. The van der Waals surface area contributed by atoms with Gasteiger partial charge in [-0.05, 0) is 23.6 Å². The monoisotopic (exact) mass is 394 g/mol. The van der Waals surface area contributed by atoms with E-state index in [0.717, 1.165) is 12.1 Å². The van der Waals surface area contributed by atoms with E-state index >= 15 is 0 Å². The van der Waals surface area contributed by atoms with Gasteiger partial charge in [0.25, 0.3) is 5.56 Å². The molecule has 0 amide bonds. The van der Waals surface area contributed by atoms with Crippen LogP contribution in [0, 0.1) is 23.0 Å². The van der Waals surface area contributed by atoms with Gasteiger partial charge in [-0.3, -0.25) is 14.6 Å². The van der Waals surface area contributed by atoms with Crippen LogP contribution in [-0.2, 0) is 6.54 Å². The highest BCUT2D eigenvalue weighted by atomic mass is 19.2. The number of nitrogens with one attached hydrogen (secondary N) is 1. The maximum absolute atomic E-state index is 13.4. The Bertz CT molecular complexity index is 1330. The molecule has 4 rings (SSSR count). The van der Waals surface area contributed by atoms with E-state index in [-0.39, 0.29) is 29.2 Å². The second kappa shape index (κ2) is 6.98.